The van der Waals surface area contributed by atoms with E-state index in [0.717, 1.165) is 16.8 Å². The van der Waals surface area contributed by atoms with Crippen LogP contribution in [0.25, 0.3) is 0 Å². The number of alkyl halides is 3. The number of para-hydroxylation sites is 1. The summed E-state index contributed by atoms with van der Waals surface area (Å²) in [5.41, 5.74) is -0.844. The van der Waals surface area contributed by atoms with Crippen molar-refractivity contribution < 1.29 is 27.5 Å². The molecule has 0 unspecified atom stereocenters. The van der Waals surface area contributed by atoms with Gasteiger partial charge in [-0.25, -0.2) is 4.98 Å². The number of amides is 2. The molecule has 0 aliphatic carbocycles. The number of piperidine rings is 1. The molecule has 10 heteroatoms. The van der Waals surface area contributed by atoms with Gasteiger partial charge in [-0.1, -0.05) is 30.3 Å². The molecule has 3 aromatic rings. The second kappa shape index (κ2) is 9.93. The van der Waals surface area contributed by atoms with Crippen LogP contribution in [0.15, 0.2) is 60.0 Å². The van der Waals surface area contributed by atoms with Gasteiger partial charge in [-0.2, -0.15) is 13.2 Å². The number of carbonyl (C=O) groups is 2. The largest absolute Gasteiger partial charge is 0.487 e. The first kappa shape index (κ1) is 24.3. The molecule has 0 bridgehead atoms. The van der Waals surface area contributed by atoms with Gasteiger partial charge < -0.3 is 14.5 Å². The van der Waals surface area contributed by atoms with E-state index in [1.165, 1.54) is 34.4 Å². The number of hydrogen-bond acceptors (Lipinski definition) is 5. The first-order valence-electron chi connectivity index (χ1n) is 11.7. The van der Waals surface area contributed by atoms with E-state index in [1.54, 1.807) is 10.3 Å². The fraction of sp³-hybridized carbons (Fsp3) is 0.346. The van der Waals surface area contributed by atoms with Gasteiger partial charge in [-0.3, -0.25) is 9.59 Å². The second-order valence-corrected chi connectivity index (χ2v) is 9.83. The maximum atomic E-state index is 13.3. The molecule has 1 aromatic heterocycles. The van der Waals surface area contributed by atoms with Crippen molar-refractivity contribution in [3.05, 3.63) is 81.8 Å². The first-order chi connectivity index (χ1) is 17.3. The number of hydrogen-bond donors (Lipinski definition) is 0. The highest BCUT2D eigenvalue weighted by Crippen LogP contribution is 2.35. The van der Waals surface area contributed by atoms with Crippen LogP contribution in [0.2, 0.25) is 0 Å². The number of likely N-dealkylation sites (tertiary alicyclic amines) is 2. The molecule has 2 aliphatic heterocycles. The Morgan fingerprint density at radius 2 is 1.58 bits per heavy atom. The molecule has 188 valence electrons. The third kappa shape index (κ3) is 5.09. The van der Waals surface area contributed by atoms with Gasteiger partial charge in [-0.15, -0.1) is 11.3 Å². The minimum Gasteiger partial charge on any atom is -0.487 e. The van der Waals surface area contributed by atoms with Crippen LogP contribution in [-0.4, -0.2) is 58.9 Å². The lowest BCUT2D eigenvalue weighted by molar-refractivity contribution is -0.138. The minimum atomic E-state index is -4.58. The van der Waals surface area contributed by atoms with Gasteiger partial charge in [0.2, 0.25) is 0 Å². The minimum absolute atomic E-state index is 0.0428. The Labute approximate surface area is 210 Å². The summed E-state index contributed by atoms with van der Waals surface area (Å²) in [6.45, 7) is 1.67. The third-order valence-corrected chi connectivity index (χ3v) is 7.52. The molecule has 0 N–H and O–H groups in total. The molecule has 0 atom stereocenters. The number of carbonyl (C=O) groups excluding carboxylic acids is 2. The van der Waals surface area contributed by atoms with E-state index < -0.39 is 17.6 Å². The van der Waals surface area contributed by atoms with Gasteiger partial charge in [0.25, 0.3) is 11.8 Å². The summed E-state index contributed by atoms with van der Waals surface area (Å²) in [7, 11) is 0. The maximum Gasteiger partial charge on any atom is 0.417 e. The highest BCUT2D eigenvalue weighted by atomic mass is 32.1. The summed E-state index contributed by atoms with van der Waals surface area (Å²) in [6.07, 6.45) is -3.47. The topological polar surface area (TPSA) is 62.7 Å². The average Bonchev–Trinajstić information content (AvgIpc) is 3.36. The third-order valence-electron chi connectivity index (χ3n) is 6.52. The Morgan fingerprint density at radius 3 is 2.28 bits per heavy atom. The molecule has 2 aromatic carbocycles. The molecule has 2 saturated heterocycles. The average molecular weight is 516 g/mol. The maximum absolute atomic E-state index is 13.3. The molecule has 5 rings (SSSR count). The molecule has 36 heavy (non-hydrogen) atoms. The summed E-state index contributed by atoms with van der Waals surface area (Å²) in [6, 6.07) is 14.4. The molecule has 3 heterocycles. The van der Waals surface area contributed by atoms with Crippen LogP contribution in [0.1, 0.15) is 50.2 Å². The predicted octanol–water partition coefficient (Wildman–Crippen LogP) is 5.09. The highest BCUT2D eigenvalue weighted by Gasteiger charge is 2.37. The molecular weight excluding hydrogens is 491 g/mol. The van der Waals surface area contributed by atoms with E-state index in [2.05, 4.69) is 4.98 Å². The lowest BCUT2D eigenvalue weighted by Crippen LogP contribution is -2.56. The lowest BCUT2D eigenvalue weighted by Gasteiger charge is -2.38. The number of aromatic nitrogens is 1. The lowest BCUT2D eigenvalue weighted by atomic mass is 9.96. The summed E-state index contributed by atoms with van der Waals surface area (Å²) >= 11 is 1.41. The van der Waals surface area contributed by atoms with E-state index in [0.29, 0.717) is 44.7 Å². The SMILES string of the molecule is O=C(c1csc(C2CCN(C(=O)c3ccccc3C(F)(F)F)CC2)n1)N1CC(Oc2ccccc2)C1. The Balaban J connectivity index is 1.15. The van der Waals surface area contributed by atoms with Crippen LogP contribution in [0, 0.1) is 0 Å². The van der Waals surface area contributed by atoms with Crippen molar-refractivity contribution in [3.8, 4) is 5.75 Å². The standard InChI is InChI=1S/C26H24F3N3O3S/c27-26(28,29)21-9-5-4-8-20(21)24(33)31-12-10-17(11-13-31)23-30-22(16-36-23)25(34)32-14-19(15-32)35-18-6-2-1-3-7-18/h1-9,16-17,19H,10-15H2. The van der Waals surface area contributed by atoms with Crippen molar-refractivity contribution in [2.24, 2.45) is 0 Å². The molecule has 0 spiro atoms. The molecular formula is C26H24F3N3O3S. The number of ether oxygens (including phenoxy) is 1. The van der Waals surface area contributed by atoms with Crippen LogP contribution in [-0.2, 0) is 6.18 Å². The van der Waals surface area contributed by atoms with Crippen LogP contribution >= 0.6 is 11.3 Å². The van der Waals surface area contributed by atoms with Crippen LogP contribution < -0.4 is 4.74 Å². The molecule has 0 saturated carbocycles. The summed E-state index contributed by atoms with van der Waals surface area (Å²) in [5, 5.41) is 2.57. The van der Waals surface area contributed by atoms with Gasteiger partial charge in [0.1, 0.15) is 17.5 Å². The van der Waals surface area contributed by atoms with E-state index >= 15 is 0 Å². The van der Waals surface area contributed by atoms with Crippen molar-refractivity contribution >= 4 is 23.2 Å². The van der Waals surface area contributed by atoms with Gasteiger partial charge in [-0.05, 0) is 37.1 Å². The fourth-order valence-electron chi connectivity index (χ4n) is 4.52. The zero-order chi connectivity index (χ0) is 25.3. The second-order valence-electron chi connectivity index (χ2n) is 8.94. The Bertz CT molecular complexity index is 1230. The summed E-state index contributed by atoms with van der Waals surface area (Å²) < 4.78 is 45.8. The quantitative estimate of drug-likeness (QED) is 0.475. The van der Waals surface area contributed by atoms with E-state index in [9.17, 15) is 22.8 Å². The molecule has 6 nitrogen and oxygen atoms in total. The van der Waals surface area contributed by atoms with Gasteiger partial charge in [0, 0.05) is 24.4 Å². The Hall–Kier alpha value is -3.40. The van der Waals surface area contributed by atoms with Crippen molar-refractivity contribution in [2.45, 2.75) is 31.0 Å². The number of benzene rings is 2. The number of nitrogens with zero attached hydrogens (tertiary/aromatic N) is 3. The molecule has 2 amide bonds. The smallest absolute Gasteiger partial charge is 0.417 e. The van der Waals surface area contributed by atoms with E-state index in [1.807, 2.05) is 30.3 Å². The Kier molecular flexibility index (Phi) is 6.70. The summed E-state index contributed by atoms with van der Waals surface area (Å²) in [5.74, 6) is 0.0875. The van der Waals surface area contributed by atoms with Gasteiger partial charge in [0.15, 0.2) is 0 Å². The van der Waals surface area contributed by atoms with Crippen molar-refractivity contribution in [2.75, 3.05) is 26.2 Å². The normalized spacial score (nSPS) is 17.1. The number of rotatable bonds is 5. The molecule has 2 fully saturated rings. The van der Waals surface area contributed by atoms with Crippen molar-refractivity contribution in [1.82, 2.24) is 14.8 Å². The number of thiazole rings is 1. The van der Waals surface area contributed by atoms with Crippen LogP contribution in [0.3, 0.4) is 0 Å². The first-order valence-corrected chi connectivity index (χ1v) is 12.6. The molecule has 0 radical (unpaired) electrons. The molecule has 2 aliphatic rings. The highest BCUT2D eigenvalue weighted by molar-refractivity contribution is 7.09. The van der Waals surface area contributed by atoms with Gasteiger partial charge in [0.05, 0.1) is 29.2 Å². The predicted molar refractivity (Wildman–Crippen MR) is 128 cm³/mol. The zero-order valence-corrected chi connectivity index (χ0v) is 20.1. The van der Waals surface area contributed by atoms with Crippen LogP contribution in [0.5, 0.6) is 5.75 Å². The van der Waals surface area contributed by atoms with Crippen molar-refractivity contribution in [3.63, 3.8) is 0 Å². The fourth-order valence-corrected chi connectivity index (χ4v) is 5.49. The van der Waals surface area contributed by atoms with Gasteiger partial charge >= 0.3 is 6.18 Å². The van der Waals surface area contributed by atoms with E-state index in [4.69, 9.17) is 4.74 Å². The van der Waals surface area contributed by atoms with Crippen molar-refractivity contribution in [1.29, 1.82) is 0 Å². The Morgan fingerprint density at radius 1 is 0.917 bits per heavy atom. The summed E-state index contributed by atoms with van der Waals surface area (Å²) in [4.78, 5) is 33.3. The number of halogens is 3. The van der Waals surface area contributed by atoms with Crippen LogP contribution in [0.4, 0.5) is 13.2 Å². The zero-order valence-electron chi connectivity index (χ0n) is 19.3. The monoisotopic (exact) mass is 515 g/mol. The van der Waals surface area contributed by atoms with E-state index in [-0.39, 0.29) is 23.5 Å².